The van der Waals surface area contributed by atoms with Crippen LogP contribution in [0.3, 0.4) is 0 Å². The van der Waals surface area contributed by atoms with Gasteiger partial charge in [-0.25, -0.2) is 0 Å². The Kier molecular flexibility index (Phi) is 11.5. The maximum absolute atomic E-state index is 13.6. The van der Waals surface area contributed by atoms with E-state index in [4.69, 9.17) is 20.5 Å². The molecule has 4 fully saturated rings. The summed E-state index contributed by atoms with van der Waals surface area (Å²) in [5.41, 5.74) is 5.26. The van der Waals surface area contributed by atoms with Crippen molar-refractivity contribution in [2.45, 2.75) is 123 Å². The summed E-state index contributed by atoms with van der Waals surface area (Å²) in [5.74, 6) is 0.407. The lowest BCUT2D eigenvalue weighted by atomic mass is 9.43. The number of carbonyl (C=O) groups is 3. The van der Waals surface area contributed by atoms with E-state index in [-0.39, 0.29) is 46.7 Å². The van der Waals surface area contributed by atoms with E-state index in [1.54, 1.807) is 0 Å². The lowest BCUT2D eigenvalue weighted by Crippen LogP contribution is -2.65. The highest BCUT2D eigenvalue weighted by molar-refractivity contribution is 6.48. The molecule has 41 heavy (non-hydrogen) atoms. The molecule has 3 aliphatic carbocycles. The zero-order valence-electron chi connectivity index (χ0n) is 25.9. The van der Waals surface area contributed by atoms with Gasteiger partial charge in [-0.05, 0) is 75.0 Å². The second-order valence-corrected chi connectivity index (χ2v) is 13.5. The molecule has 0 aromatic rings. The van der Waals surface area contributed by atoms with Gasteiger partial charge in [0.25, 0.3) is 0 Å². The average Bonchev–Trinajstić information content (AvgIpc) is 3.24. The van der Waals surface area contributed by atoms with Gasteiger partial charge in [0.15, 0.2) is 5.96 Å². The zero-order valence-corrected chi connectivity index (χ0v) is 25.9. The van der Waals surface area contributed by atoms with Crippen LogP contribution in [-0.2, 0) is 23.7 Å². The normalized spacial score (nSPS) is 27.3. The Bertz CT molecular complexity index is 949. The molecule has 0 aromatic heterocycles. The van der Waals surface area contributed by atoms with Crippen molar-refractivity contribution < 1.29 is 23.7 Å². The summed E-state index contributed by atoms with van der Waals surface area (Å²) in [6, 6.07) is -0.726. The van der Waals surface area contributed by atoms with Gasteiger partial charge in [-0.3, -0.25) is 19.8 Å². The Morgan fingerprint density at radius 3 is 2.37 bits per heavy atom. The zero-order chi connectivity index (χ0) is 30.4. The molecule has 3 amide bonds. The first-order valence-corrected chi connectivity index (χ1v) is 15.5. The SMILES string of the molecule is CC(=O)NCCCCCC(=O)N[C@@H](CCCNC(=N)N)C(=O)N[C@@H](CC(C)C)B1O[C@@H]2C[C@@H]3C[C@@H](C3(C)C)[C@]2(C)O1. The predicted molar refractivity (Wildman–Crippen MR) is 160 cm³/mol. The van der Waals surface area contributed by atoms with Gasteiger partial charge in [0.2, 0.25) is 17.7 Å². The van der Waals surface area contributed by atoms with E-state index >= 15 is 0 Å². The summed E-state index contributed by atoms with van der Waals surface area (Å²) in [6.45, 7) is 13.6. The fourth-order valence-corrected chi connectivity index (χ4v) is 7.02. The number of nitrogens with one attached hydrogen (secondary N) is 5. The minimum Gasteiger partial charge on any atom is -0.404 e. The van der Waals surface area contributed by atoms with Crippen LogP contribution in [0.25, 0.3) is 0 Å². The van der Waals surface area contributed by atoms with Crippen molar-refractivity contribution >= 4 is 30.8 Å². The Hall–Kier alpha value is -2.34. The fourth-order valence-electron chi connectivity index (χ4n) is 7.02. The van der Waals surface area contributed by atoms with Crippen molar-refractivity contribution in [3.05, 3.63) is 0 Å². The molecule has 11 nitrogen and oxygen atoms in total. The third kappa shape index (κ3) is 8.59. The minimum atomic E-state index is -0.726. The molecule has 1 heterocycles. The van der Waals surface area contributed by atoms with Gasteiger partial charge in [-0.15, -0.1) is 0 Å². The van der Waals surface area contributed by atoms with Crippen molar-refractivity contribution in [3.63, 3.8) is 0 Å². The molecule has 0 unspecified atom stereocenters. The van der Waals surface area contributed by atoms with Crippen LogP contribution in [0.5, 0.6) is 0 Å². The number of unbranched alkanes of at least 4 members (excludes halogenated alkanes) is 2. The number of hydrogen-bond donors (Lipinski definition) is 6. The predicted octanol–water partition coefficient (Wildman–Crippen LogP) is 2.23. The van der Waals surface area contributed by atoms with Gasteiger partial charge in [0.1, 0.15) is 6.04 Å². The second kappa shape index (κ2) is 14.2. The van der Waals surface area contributed by atoms with Crippen molar-refractivity contribution in [1.29, 1.82) is 5.41 Å². The van der Waals surface area contributed by atoms with Crippen LogP contribution in [0.15, 0.2) is 0 Å². The van der Waals surface area contributed by atoms with Crippen LogP contribution >= 0.6 is 0 Å². The fraction of sp³-hybridized carbons (Fsp3) is 0.862. The smallest absolute Gasteiger partial charge is 0.404 e. The van der Waals surface area contributed by atoms with E-state index < -0.39 is 13.2 Å². The maximum Gasteiger partial charge on any atom is 0.481 e. The molecule has 0 radical (unpaired) electrons. The highest BCUT2D eigenvalue weighted by atomic mass is 16.7. The van der Waals surface area contributed by atoms with Gasteiger partial charge in [0, 0.05) is 26.4 Å². The van der Waals surface area contributed by atoms with E-state index in [1.807, 2.05) is 0 Å². The molecular formula is C29H53BN6O5. The molecule has 1 saturated heterocycles. The molecule has 2 bridgehead atoms. The lowest BCUT2D eigenvalue weighted by Gasteiger charge is -2.64. The molecule has 7 N–H and O–H groups in total. The third-order valence-electron chi connectivity index (χ3n) is 9.44. The maximum atomic E-state index is 13.6. The van der Waals surface area contributed by atoms with E-state index in [1.165, 1.54) is 6.92 Å². The average molecular weight is 577 g/mol. The first-order chi connectivity index (χ1) is 19.2. The van der Waals surface area contributed by atoms with Gasteiger partial charge in [-0.2, -0.15) is 0 Å². The molecule has 4 aliphatic rings. The molecule has 0 spiro atoms. The van der Waals surface area contributed by atoms with Crippen molar-refractivity contribution in [2.24, 2.45) is 28.9 Å². The molecule has 1 aliphatic heterocycles. The number of hydrogen-bond acceptors (Lipinski definition) is 6. The standard InChI is InChI=1S/C29H53BN6O5/c1-18(2)15-24(30-40-23-17-20-16-22(28(20,4)5)29(23,6)41-30)36-26(39)21(11-10-14-34-27(31)32)35-25(38)12-8-7-9-13-33-19(3)37/h18,20-24H,7-17H2,1-6H3,(H,33,37)(H,35,38)(H,36,39)(H4,31,32,34)/t20-,21-,22-,23+,24-,29-/m0/s1. The number of nitrogens with two attached hydrogens (primary N) is 1. The van der Waals surface area contributed by atoms with Gasteiger partial charge in [0.05, 0.1) is 17.6 Å². The molecule has 232 valence electrons. The van der Waals surface area contributed by atoms with Gasteiger partial charge < -0.3 is 36.3 Å². The van der Waals surface area contributed by atoms with Gasteiger partial charge in [-0.1, -0.05) is 34.1 Å². The summed E-state index contributed by atoms with van der Waals surface area (Å²) in [4.78, 5) is 37.4. The monoisotopic (exact) mass is 576 g/mol. The Morgan fingerprint density at radius 2 is 1.73 bits per heavy atom. The highest BCUT2D eigenvalue weighted by Crippen LogP contribution is 2.65. The highest BCUT2D eigenvalue weighted by Gasteiger charge is 2.68. The largest absolute Gasteiger partial charge is 0.481 e. The number of guanidine groups is 1. The number of rotatable bonds is 16. The molecule has 12 heteroatoms. The number of amides is 3. The summed E-state index contributed by atoms with van der Waals surface area (Å²) >= 11 is 0. The molecular weight excluding hydrogens is 523 g/mol. The van der Waals surface area contributed by atoms with E-state index in [0.717, 1.165) is 25.7 Å². The van der Waals surface area contributed by atoms with Crippen LogP contribution in [0, 0.1) is 28.6 Å². The van der Waals surface area contributed by atoms with E-state index in [0.29, 0.717) is 62.9 Å². The molecule has 0 aromatic carbocycles. The Morgan fingerprint density at radius 1 is 1.02 bits per heavy atom. The first-order valence-electron chi connectivity index (χ1n) is 15.5. The molecule has 3 saturated carbocycles. The summed E-state index contributed by atoms with van der Waals surface area (Å²) in [5, 5.41) is 19.0. The van der Waals surface area contributed by atoms with Crippen molar-refractivity contribution in [2.75, 3.05) is 13.1 Å². The number of carbonyl (C=O) groups excluding carboxylic acids is 3. The quantitative estimate of drug-likeness (QED) is 0.0709. The minimum absolute atomic E-state index is 0.0228. The third-order valence-corrected chi connectivity index (χ3v) is 9.44. The van der Waals surface area contributed by atoms with Crippen LogP contribution < -0.4 is 27.0 Å². The summed E-state index contributed by atoms with van der Waals surface area (Å²) in [6.07, 6.45) is 6.38. The van der Waals surface area contributed by atoms with Gasteiger partial charge >= 0.3 is 7.12 Å². The topological polar surface area (TPSA) is 168 Å². The van der Waals surface area contributed by atoms with Crippen LogP contribution in [0.2, 0.25) is 0 Å². The summed E-state index contributed by atoms with van der Waals surface area (Å²) in [7, 11) is -0.536. The van der Waals surface area contributed by atoms with Crippen LogP contribution in [0.1, 0.15) is 99.3 Å². The first kappa shape index (κ1) is 33.2. The Balaban J connectivity index is 1.61. The van der Waals surface area contributed by atoms with E-state index in [9.17, 15) is 14.4 Å². The lowest BCUT2D eigenvalue weighted by molar-refractivity contribution is -0.199. The van der Waals surface area contributed by atoms with Crippen LogP contribution in [-0.4, -0.2) is 67.6 Å². The molecule has 4 rings (SSSR count). The Labute approximate surface area is 246 Å². The van der Waals surface area contributed by atoms with E-state index in [2.05, 4.69) is 55.9 Å². The van der Waals surface area contributed by atoms with Crippen molar-refractivity contribution in [1.82, 2.24) is 21.3 Å². The van der Waals surface area contributed by atoms with Crippen LogP contribution in [0.4, 0.5) is 0 Å². The second-order valence-electron chi connectivity index (χ2n) is 13.5. The summed E-state index contributed by atoms with van der Waals surface area (Å²) < 4.78 is 13.2. The molecule has 6 atom stereocenters. The van der Waals surface area contributed by atoms with Crippen molar-refractivity contribution in [3.8, 4) is 0 Å².